The number of rotatable bonds is 7. The van der Waals surface area contributed by atoms with Gasteiger partial charge in [-0.25, -0.2) is 0 Å². The van der Waals surface area contributed by atoms with Crippen LogP contribution in [0, 0.1) is 5.92 Å². The predicted octanol–water partition coefficient (Wildman–Crippen LogP) is 5.40. The van der Waals surface area contributed by atoms with E-state index >= 15 is 0 Å². The van der Waals surface area contributed by atoms with E-state index in [1.54, 1.807) is 7.11 Å². The lowest BCUT2D eigenvalue weighted by Crippen LogP contribution is -2.35. The number of nitrogens with zero attached hydrogens (tertiary/aromatic N) is 1. The Bertz CT molecular complexity index is 859. The van der Waals surface area contributed by atoms with Gasteiger partial charge in [0, 0.05) is 24.3 Å². The number of carbonyl (C=O) groups excluding carboxylic acids is 1. The first-order valence-corrected chi connectivity index (χ1v) is 11.5. The van der Waals surface area contributed by atoms with Crippen molar-refractivity contribution in [2.75, 3.05) is 25.5 Å². The quantitative estimate of drug-likeness (QED) is 0.566. The van der Waals surface area contributed by atoms with Crippen LogP contribution in [-0.2, 0) is 0 Å². The summed E-state index contributed by atoms with van der Waals surface area (Å²) >= 11 is 5.58. The molecule has 6 heteroatoms. The molecule has 0 aliphatic carbocycles. The third-order valence-corrected chi connectivity index (χ3v) is 5.78. The Balaban J connectivity index is 1.61. The number of benzene rings is 2. The predicted molar refractivity (Wildman–Crippen MR) is 131 cm³/mol. The molecule has 0 unspecified atom stereocenters. The average molecular weight is 440 g/mol. The van der Waals surface area contributed by atoms with Crippen LogP contribution in [0.15, 0.2) is 48.5 Å². The van der Waals surface area contributed by atoms with Crippen LogP contribution < -0.4 is 15.4 Å². The lowest BCUT2D eigenvalue weighted by Gasteiger charge is -2.26. The van der Waals surface area contributed by atoms with Crippen molar-refractivity contribution in [3.05, 3.63) is 59.7 Å². The third-order valence-electron chi connectivity index (χ3n) is 5.56. The van der Waals surface area contributed by atoms with E-state index in [9.17, 15) is 4.79 Å². The molecule has 166 valence electrons. The summed E-state index contributed by atoms with van der Waals surface area (Å²) in [6, 6.07) is 15.8. The SMILES string of the molecule is COc1ccc([C@H](CC(C)C)NC(=S)Nc2ccc(C(=O)N3CCCCC3)cc2)cc1. The topological polar surface area (TPSA) is 53.6 Å². The molecule has 1 heterocycles. The fourth-order valence-corrected chi connectivity index (χ4v) is 4.15. The first-order chi connectivity index (χ1) is 15.0. The molecular weight excluding hydrogens is 406 g/mol. The van der Waals surface area contributed by atoms with Gasteiger partial charge in [0.1, 0.15) is 5.75 Å². The lowest BCUT2D eigenvalue weighted by atomic mass is 9.97. The molecule has 1 saturated heterocycles. The number of anilines is 1. The third kappa shape index (κ3) is 6.69. The Morgan fingerprint density at radius 1 is 1.03 bits per heavy atom. The Morgan fingerprint density at radius 2 is 1.68 bits per heavy atom. The standard InChI is InChI=1S/C25H33N3O2S/c1-18(2)17-23(19-9-13-22(30-3)14-10-19)27-25(31)26-21-11-7-20(8-12-21)24(29)28-15-5-4-6-16-28/h7-14,18,23H,4-6,15-17H2,1-3H3,(H2,26,27,31)/t23-/m0/s1. The minimum absolute atomic E-state index is 0.103. The summed E-state index contributed by atoms with van der Waals surface area (Å²) < 4.78 is 5.27. The van der Waals surface area contributed by atoms with Crippen molar-refractivity contribution in [1.29, 1.82) is 0 Å². The summed E-state index contributed by atoms with van der Waals surface area (Å²) in [4.78, 5) is 14.6. The second-order valence-electron chi connectivity index (χ2n) is 8.48. The molecule has 1 atom stereocenters. The van der Waals surface area contributed by atoms with Gasteiger partial charge in [-0.3, -0.25) is 4.79 Å². The highest BCUT2D eigenvalue weighted by Gasteiger charge is 2.18. The maximum Gasteiger partial charge on any atom is 0.253 e. The average Bonchev–Trinajstić information content (AvgIpc) is 2.79. The molecule has 2 N–H and O–H groups in total. The Morgan fingerprint density at radius 3 is 2.26 bits per heavy atom. The molecule has 2 aromatic carbocycles. The minimum atomic E-state index is 0.103. The van der Waals surface area contributed by atoms with Crippen LogP contribution in [0.25, 0.3) is 0 Å². The van der Waals surface area contributed by atoms with E-state index in [0.717, 1.165) is 49.4 Å². The monoisotopic (exact) mass is 439 g/mol. The van der Waals surface area contributed by atoms with E-state index in [-0.39, 0.29) is 11.9 Å². The van der Waals surface area contributed by atoms with E-state index in [1.165, 1.54) is 12.0 Å². The van der Waals surface area contributed by atoms with Crippen LogP contribution in [-0.4, -0.2) is 36.1 Å². The van der Waals surface area contributed by atoms with Gasteiger partial charge in [-0.15, -0.1) is 0 Å². The number of hydrogen-bond acceptors (Lipinski definition) is 3. The number of thiocarbonyl (C=S) groups is 1. The molecule has 1 aliphatic heterocycles. The van der Waals surface area contributed by atoms with Crippen molar-refractivity contribution < 1.29 is 9.53 Å². The van der Waals surface area contributed by atoms with Gasteiger partial charge in [-0.1, -0.05) is 26.0 Å². The summed E-state index contributed by atoms with van der Waals surface area (Å²) in [7, 11) is 1.67. The number of hydrogen-bond donors (Lipinski definition) is 2. The summed E-state index contributed by atoms with van der Waals surface area (Å²) in [5.41, 5.74) is 2.76. The number of piperidine rings is 1. The Kier molecular flexibility index (Phi) is 8.29. The van der Waals surface area contributed by atoms with Crippen molar-refractivity contribution in [3.63, 3.8) is 0 Å². The molecule has 1 amide bonds. The van der Waals surface area contributed by atoms with Crippen LogP contribution >= 0.6 is 12.2 Å². The van der Waals surface area contributed by atoms with Gasteiger partial charge in [-0.05, 0) is 85.8 Å². The fraction of sp³-hybridized carbons (Fsp3) is 0.440. The molecular formula is C25H33N3O2S. The van der Waals surface area contributed by atoms with Crippen LogP contribution in [0.5, 0.6) is 5.75 Å². The van der Waals surface area contributed by atoms with Crippen molar-refractivity contribution in [3.8, 4) is 5.75 Å². The molecule has 0 saturated carbocycles. The maximum absolute atomic E-state index is 12.6. The van der Waals surface area contributed by atoms with Crippen LogP contribution in [0.1, 0.15) is 61.5 Å². The van der Waals surface area contributed by atoms with Crippen LogP contribution in [0.4, 0.5) is 5.69 Å². The summed E-state index contributed by atoms with van der Waals surface area (Å²) in [6.45, 7) is 6.12. The number of ether oxygens (including phenoxy) is 1. The highest BCUT2D eigenvalue weighted by atomic mass is 32.1. The Hall–Kier alpha value is -2.60. The summed E-state index contributed by atoms with van der Waals surface area (Å²) in [6.07, 6.45) is 4.36. The van der Waals surface area contributed by atoms with E-state index in [4.69, 9.17) is 17.0 Å². The van der Waals surface area contributed by atoms with Crippen LogP contribution in [0.2, 0.25) is 0 Å². The van der Waals surface area contributed by atoms with E-state index in [0.29, 0.717) is 11.0 Å². The molecule has 0 radical (unpaired) electrons. The lowest BCUT2D eigenvalue weighted by molar-refractivity contribution is 0.0724. The zero-order chi connectivity index (χ0) is 22.2. The highest BCUT2D eigenvalue weighted by molar-refractivity contribution is 7.80. The van der Waals surface area contributed by atoms with E-state index in [2.05, 4.69) is 36.6 Å². The smallest absolute Gasteiger partial charge is 0.253 e. The van der Waals surface area contributed by atoms with Gasteiger partial charge in [0.25, 0.3) is 5.91 Å². The molecule has 31 heavy (non-hydrogen) atoms. The number of carbonyl (C=O) groups is 1. The fourth-order valence-electron chi connectivity index (χ4n) is 3.89. The van der Waals surface area contributed by atoms with Crippen molar-refractivity contribution >= 4 is 28.9 Å². The number of methoxy groups -OCH3 is 1. The molecule has 0 spiro atoms. The van der Waals surface area contributed by atoms with Crippen molar-refractivity contribution in [2.24, 2.45) is 5.92 Å². The van der Waals surface area contributed by atoms with E-state index < -0.39 is 0 Å². The zero-order valence-corrected chi connectivity index (χ0v) is 19.5. The minimum Gasteiger partial charge on any atom is -0.497 e. The summed E-state index contributed by atoms with van der Waals surface area (Å²) in [5.74, 6) is 1.47. The second-order valence-corrected chi connectivity index (χ2v) is 8.89. The highest BCUT2D eigenvalue weighted by Crippen LogP contribution is 2.24. The number of amides is 1. The van der Waals surface area contributed by atoms with Gasteiger partial charge in [0.05, 0.1) is 13.2 Å². The largest absolute Gasteiger partial charge is 0.497 e. The van der Waals surface area contributed by atoms with Gasteiger partial charge in [0.2, 0.25) is 0 Å². The maximum atomic E-state index is 12.6. The molecule has 3 rings (SSSR count). The molecule has 2 aromatic rings. The normalized spacial score (nSPS) is 14.8. The molecule has 0 aromatic heterocycles. The molecule has 5 nitrogen and oxygen atoms in total. The van der Waals surface area contributed by atoms with E-state index in [1.807, 2.05) is 41.3 Å². The zero-order valence-electron chi connectivity index (χ0n) is 18.7. The van der Waals surface area contributed by atoms with Crippen molar-refractivity contribution in [2.45, 2.75) is 45.6 Å². The van der Waals surface area contributed by atoms with Crippen LogP contribution in [0.3, 0.4) is 0 Å². The molecule has 1 fully saturated rings. The second kappa shape index (κ2) is 11.1. The number of likely N-dealkylation sites (tertiary alicyclic amines) is 1. The first-order valence-electron chi connectivity index (χ1n) is 11.1. The summed E-state index contributed by atoms with van der Waals surface area (Å²) in [5, 5.41) is 7.26. The van der Waals surface area contributed by atoms with Gasteiger partial charge in [-0.2, -0.15) is 0 Å². The number of nitrogens with one attached hydrogen (secondary N) is 2. The van der Waals surface area contributed by atoms with Crippen molar-refractivity contribution in [1.82, 2.24) is 10.2 Å². The Labute approximate surface area is 191 Å². The molecule has 0 bridgehead atoms. The van der Waals surface area contributed by atoms with Gasteiger partial charge in [0.15, 0.2) is 5.11 Å². The van der Waals surface area contributed by atoms with Gasteiger partial charge < -0.3 is 20.3 Å². The molecule has 1 aliphatic rings. The van der Waals surface area contributed by atoms with Gasteiger partial charge >= 0.3 is 0 Å². The first kappa shape index (κ1) is 23.1.